The standard InChI is InChI=1S/C22H28N2O2S/c1-24(2)17(15-16-7-10-18(25)11-8-16)9-12-22(26)23-20-13-14-27-21-6-4-3-5-19(20)21/h3-8,10-11,17,20,25H,9,12-15H2,1-2H3,(H,23,26)/t17-,20?/m1/s1. The van der Waals surface area contributed by atoms with Crippen LogP contribution in [0.15, 0.2) is 53.4 Å². The van der Waals surface area contributed by atoms with Crippen molar-refractivity contribution in [3.8, 4) is 5.75 Å². The largest absolute Gasteiger partial charge is 0.508 e. The van der Waals surface area contributed by atoms with Gasteiger partial charge in [-0.25, -0.2) is 0 Å². The van der Waals surface area contributed by atoms with E-state index in [1.807, 2.05) is 30.0 Å². The van der Waals surface area contributed by atoms with Crippen LogP contribution in [-0.4, -0.2) is 41.8 Å². The van der Waals surface area contributed by atoms with Crippen LogP contribution in [0, 0.1) is 0 Å². The molecule has 0 spiro atoms. The lowest BCUT2D eigenvalue weighted by atomic mass is 9.99. The van der Waals surface area contributed by atoms with Gasteiger partial charge in [0.25, 0.3) is 0 Å². The molecule has 0 saturated heterocycles. The van der Waals surface area contributed by atoms with Crippen LogP contribution in [0.5, 0.6) is 5.75 Å². The first kappa shape index (κ1) is 19.8. The van der Waals surface area contributed by atoms with Gasteiger partial charge in [0, 0.05) is 23.1 Å². The normalized spacial score (nSPS) is 17.4. The fraction of sp³-hybridized carbons (Fsp3) is 0.409. The Morgan fingerprint density at radius 2 is 1.96 bits per heavy atom. The Bertz CT molecular complexity index is 761. The highest BCUT2D eigenvalue weighted by molar-refractivity contribution is 7.99. The fourth-order valence-corrected chi connectivity index (χ4v) is 4.63. The predicted molar refractivity (Wildman–Crippen MR) is 111 cm³/mol. The zero-order valence-corrected chi connectivity index (χ0v) is 16.8. The van der Waals surface area contributed by atoms with Gasteiger partial charge < -0.3 is 15.3 Å². The maximum Gasteiger partial charge on any atom is 0.220 e. The molecule has 2 aromatic carbocycles. The molecule has 0 fully saturated rings. The Kier molecular flexibility index (Phi) is 6.80. The smallest absolute Gasteiger partial charge is 0.220 e. The van der Waals surface area contributed by atoms with Gasteiger partial charge in [0.15, 0.2) is 0 Å². The number of thioether (sulfide) groups is 1. The summed E-state index contributed by atoms with van der Waals surface area (Å²) in [6.07, 6.45) is 3.18. The van der Waals surface area contributed by atoms with Crippen LogP contribution >= 0.6 is 11.8 Å². The number of hydrogen-bond acceptors (Lipinski definition) is 4. The Morgan fingerprint density at radius 3 is 2.70 bits per heavy atom. The van der Waals surface area contributed by atoms with Gasteiger partial charge in [0.1, 0.15) is 5.75 Å². The zero-order chi connectivity index (χ0) is 19.2. The highest BCUT2D eigenvalue weighted by Crippen LogP contribution is 2.35. The van der Waals surface area contributed by atoms with E-state index in [1.54, 1.807) is 12.1 Å². The van der Waals surface area contributed by atoms with E-state index in [0.717, 1.165) is 25.0 Å². The Labute approximate surface area is 166 Å². The third kappa shape index (κ3) is 5.50. The van der Waals surface area contributed by atoms with Crippen molar-refractivity contribution >= 4 is 17.7 Å². The number of aromatic hydroxyl groups is 1. The van der Waals surface area contributed by atoms with E-state index >= 15 is 0 Å². The molecule has 2 aromatic rings. The molecule has 0 bridgehead atoms. The first-order valence-electron chi connectivity index (χ1n) is 9.48. The monoisotopic (exact) mass is 384 g/mol. The van der Waals surface area contributed by atoms with Gasteiger partial charge in [-0.3, -0.25) is 4.79 Å². The number of nitrogens with one attached hydrogen (secondary N) is 1. The van der Waals surface area contributed by atoms with E-state index in [9.17, 15) is 9.90 Å². The van der Waals surface area contributed by atoms with Crippen molar-refractivity contribution in [2.45, 2.75) is 42.7 Å². The molecule has 0 aliphatic carbocycles. The molecule has 0 radical (unpaired) electrons. The number of likely N-dealkylation sites (N-methyl/N-ethyl adjacent to an activating group) is 1. The van der Waals surface area contributed by atoms with Gasteiger partial charge >= 0.3 is 0 Å². The molecule has 5 heteroatoms. The summed E-state index contributed by atoms with van der Waals surface area (Å²) in [6, 6.07) is 16.1. The van der Waals surface area contributed by atoms with Crippen molar-refractivity contribution < 1.29 is 9.90 Å². The van der Waals surface area contributed by atoms with Crippen LogP contribution in [-0.2, 0) is 11.2 Å². The molecule has 2 N–H and O–H groups in total. The molecular weight excluding hydrogens is 356 g/mol. The van der Waals surface area contributed by atoms with Gasteiger partial charge in [-0.2, -0.15) is 0 Å². The average Bonchev–Trinajstić information content (AvgIpc) is 2.66. The van der Waals surface area contributed by atoms with Crippen LogP contribution in [0.3, 0.4) is 0 Å². The molecule has 3 rings (SSSR count). The summed E-state index contributed by atoms with van der Waals surface area (Å²) in [7, 11) is 4.11. The topological polar surface area (TPSA) is 52.6 Å². The number of carbonyl (C=O) groups is 1. The molecule has 27 heavy (non-hydrogen) atoms. The summed E-state index contributed by atoms with van der Waals surface area (Å²) in [6.45, 7) is 0. The number of carbonyl (C=O) groups excluding carboxylic acids is 1. The quantitative estimate of drug-likeness (QED) is 0.758. The second kappa shape index (κ2) is 9.29. The van der Waals surface area contributed by atoms with Crippen molar-refractivity contribution in [1.29, 1.82) is 0 Å². The van der Waals surface area contributed by atoms with E-state index in [4.69, 9.17) is 0 Å². The summed E-state index contributed by atoms with van der Waals surface area (Å²) in [5.41, 5.74) is 2.42. The van der Waals surface area contributed by atoms with Crippen LogP contribution in [0.25, 0.3) is 0 Å². The third-order valence-corrected chi connectivity index (χ3v) is 6.26. The minimum atomic E-state index is 0.124. The van der Waals surface area contributed by atoms with Crippen LogP contribution < -0.4 is 5.32 Å². The maximum absolute atomic E-state index is 12.6. The van der Waals surface area contributed by atoms with Gasteiger partial charge in [-0.1, -0.05) is 30.3 Å². The third-order valence-electron chi connectivity index (χ3n) is 5.14. The molecule has 1 heterocycles. The number of nitrogens with zero attached hydrogens (tertiary/aromatic N) is 1. The van der Waals surface area contributed by atoms with Crippen molar-refractivity contribution in [3.63, 3.8) is 0 Å². The Balaban J connectivity index is 1.55. The van der Waals surface area contributed by atoms with Crippen molar-refractivity contribution in [2.24, 2.45) is 0 Å². The fourth-order valence-electron chi connectivity index (χ4n) is 3.50. The SMILES string of the molecule is CN(C)[C@H](CCC(=O)NC1CCSc2ccccc21)Cc1ccc(O)cc1. The number of benzene rings is 2. The lowest BCUT2D eigenvalue weighted by Gasteiger charge is -2.27. The Morgan fingerprint density at radius 1 is 1.22 bits per heavy atom. The maximum atomic E-state index is 12.6. The number of fused-ring (bicyclic) bond motifs is 1. The van der Waals surface area contributed by atoms with E-state index in [0.29, 0.717) is 6.42 Å². The first-order chi connectivity index (χ1) is 13.0. The first-order valence-corrected chi connectivity index (χ1v) is 10.5. The second-order valence-electron chi connectivity index (χ2n) is 7.32. The summed E-state index contributed by atoms with van der Waals surface area (Å²) >= 11 is 1.87. The number of phenols is 1. The zero-order valence-electron chi connectivity index (χ0n) is 16.0. The van der Waals surface area contributed by atoms with Crippen LogP contribution in [0.4, 0.5) is 0 Å². The molecule has 1 aliphatic heterocycles. The van der Waals surface area contributed by atoms with Crippen molar-refractivity contribution in [3.05, 3.63) is 59.7 Å². The second-order valence-corrected chi connectivity index (χ2v) is 8.46. The van der Waals surface area contributed by atoms with Crippen molar-refractivity contribution in [2.75, 3.05) is 19.8 Å². The van der Waals surface area contributed by atoms with Gasteiger partial charge in [0.2, 0.25) is 5.91 Å². The summed E-state index contributed by atoms with van der Waals surface area (Å²) in [4.78, 5) is 16.0. The summed E-state index contributed by atoms with van der Waals surface area (Å²) in [5.74, 6) is 1.45. The molecule has 1 amide bonds. The van der Waals surface area contributed by atoms with E-state index in [2.05, 4.69) is 42.5 Å². The van der Waals surface area contributed by atoms with Gasteiger partial charge in [0.05, 0.1) is 6.04 Å². The summed E-state index contributed by atoms with van der Waals surface area (Å²) in [5, 5.41) is 12.7. The van der Waals surface area contributed by atoms with Gasteiger partial charge in [-0.15, -0.1) is 11.8 Å². The lowest BCUT2D eigenvalue weighted by Crippen LogP contribution is -2.34. The highest BCUT2D eigenvalue weighted by Gasteiger charge is 2.22. The minimum Gasteiger partial charge on any atom is -0.508 e. The summed E-state index contributed by atoms with van der Waals surface area (Å²) < 4.78 is 0. The van der Waals surface area contributed by atoms with Gasteiger partial charge in [-0.05, 0) is 62.7 Å². The van der Waals surface area contributed by atoms with Crippen molar-refractivity contribution in [1.82, 2.24) is 10.2 Å². The molecule has 1 unspecified atom stereocenters. The number of hydrogen-bond donors (Lipinski definition) is 2. The molecular formula is C22H28N2O2S. The van der Waals surface area contributed by atoms with E-state index in [-0.39, 0.29) is 23.7 Å². The van der Waals surface area contributed by atoms with E-state index < -0.39 is 0 Å². The molecule has 0 saturated carbocycles. The van der Waals surface area contributed by atoms with E-state index in [1.165, 1.54) is 16.0 Å². The molecule has 1 aliphatic rings. The highest BCUT2D eigenvalue weighted by atomic mass is 32.2. The van der Waals surface area contributed by atoms with Crippen LogP contribution in [0.1, 0.15) is 36.4 Å². The Hall–Kier alpha value is -1.98. The molecule has 0 aromatic heterocycles. The number of rotatable bonds is 7. The average molecular weight is 385 g/mol. The lowest BCUT2D eigenvalue weighted by molar-refractivity contribution is -0.122. The number of phenolic OH excluding ortho intramolecular Hbond substituents is 1. The molecule has 2 atom stereocenters. The number of amides is 1. The van der Waals surface area contributed by atoms with Crippen LogP contribution in [0.2, 0.25) is 0 Å². The molecule has 144 valence electrons. The minimum absolute atomic E-state index is 0.124. The predicted octanol–water partition coefficient (Wildman–Crippen LogP) is 4.00. The molecule has 4 nitrogen and oxygen atoms in total.